The highest BCUT2D eigenvalue weighted by molar-refractivity contribution is 6.46. The molecule has 2 aromatic rings. The number of benzene rings is 2. The van der Waals surface area contributed by atoms with E-state index >= 15 is 0 Å². The van der Waals surface area contributed by atoms with E-state index < -0.39 is 28.4 Å². The van der Waals surface area contributed by atoms with Gasteiger partial charge in [-0.1, -0.05) is 19.4 Å². The summed E-state index contributed by atoms with van der Waals surface area (Å²) in [5, 5.41) is 21.9. The number of Topliss-reactive ketones (excluding diaryl/α,β-unsaturated/α-hetero) is 1. The molecular weight excluding hydrogens is 416 g/mol. The van der Waals surface area contributed by atoms with Gasteiger partial charge in [-0.25, -0.2) is 0 Å². The molecule has 1 saturated heterocycles. The lowest BCUT2D eigenvalue weighted by Gasteiger charge is -2.25. The Labute approximate surface area is 185 Å². The average molecular weight is 440 g/mol. The van der Waals surface area contributed by atoms with Gasteiger partial charge in [0.15, 0.2) is 11.5 Å². The van der Waals surface area contributed by atoms with Crippen LogP contribution in [0.1, 0.15) is 36.9 Å². The number of rotatable bonds is 8. The van der Waals surface area contributed by atoms with Crippen LogP contribution >= 0.6 is 0 Å². The second-order valence-electron chi connectivity index (χ2n) is 7.26. The number of non-ortho nitro benzene ring substituents is 1. The third kappa shape index (κ3) is 4.14. The Morgan fingerprint density at radius 3 is 2.31 bits per heavy atom. The second kappa shape index (κ2) is 9.51. The van der Waals surface area contributed by atoms with E-state index in [9.17, 15) is 24.8 Å². The Morgan fingerprint density at radius 1 is 1.09 bits per heavy atom. The molecule has 32 heavy (non-hydrogen) atoms. The first-order chi connectivity index (χ1) is 15.3. The maximum absolute atomic E-state index is 13.0. The highest BCUT2D eigenvalue weighted by Gasteiger charge is 2.46. The van der Waals surface area contributed by atoms with Gasteiger partial charge >= 0.3 is 0 Å². The molecule has 1 aliphatic heterocycles. The Hall–Kier alpha value is -3.88. The third-order valence-electron chi connectivity index (χ3n) is 5.37. The number of nitrogens with zero attached hydrogens (tertiary/aromatic N) is 2. The first-order valence-electron chi connectivity index (χ1n) is 10.1. The fourth-order valence-electron chi connectivity index (χ4n) is 3.71. The average Bonchev–Trinajstić information content (AvgIpc) is 3.06. The zero-order valence-corrected chi connectivity index (χ0v) is 18.0. The minimum Gasteiger partial charge on any atom is -0.507 e. The van der Waals surface area contributed by atoms with E-state index in [0.717, 1.165) is 6.42 Å². The van der Waals surface area contributed by atoms with Crippen molar-refractivity contribution in [3.05, 3.63) is 69.3 Å². The van der Waals surface area contributed by atoms with Crippen LogP contribution in [-0.4, -0.2) is 47.4 Å². The third-order valence-corrected chi connectivity index (χ3v) is 5.37. The Morgan fingerprint density at radius 2 is 1.75 bits per heavy atom. The molecule has 1 atom stereocenters. The van der Waals surface area contributed by atoms with Crippen LogP contribution in [-0.2, 0) is 9.59 Å². The molecule has 9 heteroatoms. The van der Waals surface area contributed by atoms with Crippen LogP contribution in [0.3, 0.4) is 0 Å². The van der Waals surface area contributed by atoms with Crippen molar-refractivity contribution in [3.63, 3.8) is 0 Å². The van der Waals surface area contributed by atoms with Gasteiger partial charge < -0.3 is 19.5 Å². The van der Waals surface area contributed by atoms with Gasteiger partial charge in [0.2, 0.25) is 0 Å². The Balaban J connectivity index is 2.17. The summed E-state index contributed by atoms with van der Waals surface area (Å²) in [7, 11) is 2.98. The second-order valence-corrected chi connectivity index (χ2v) is 7.26. The molecule has 1 heterocycles. The van der Waals surface area contributed by atoms with Gasteiger partial charge in [0.05, 0.1) is 30.8 Å². The fourth-order valence-corrected chi connectivity index (χ4v) is 3.71. The number of ketones is 1. The van der Waals surface area contributed by atoms with Crippen LogP contribution in [0, 0.1) is 10.1 Å². The molecule has 168 valence electrons. The number of aliphatic hydroxyl groups is 1. The number of unbranched alkanes of at least 4 members (excludes halogenated alkanes) is 1. The number of amides is 1. The van der Waals surface area contributed by atoms with Crippen LogP contribution in [0.15, 0.2) is 48.0 Å². The smallest absolute Gasteiger partial charge is 0.295 e. The molecule has 0 unspecified atom stereocenters. The van der Waals surface area contributed by atoms with Crippen molar-refractivity contribution >= 4 is 23.1 Å². The lowest BCUT2D eigenvalue weighted by atomic mass is 9.95. The van der Waals surface area contributed by atoms with E-state index in [-0.39, 0.29) is 16.8 Å². The van der Waals surface area contributed by atoms with Gasteiger partial charge in [-0.3, -0.25) is 19.7 Å². The van der Waals surface area contributed by atoms with Crippen LogP contribution < -0.4 is 9.47 Å². The highest BCUT2D eigenvalue weighted by atomic mass is 16.6. The summed E-state index contributed by atoms with van der Waals surface area (Å²) in [6, 6.07) is 9.35. The number of likely N-dealkylation sites (tertiary alicyclic amines) is 1. The Bertz CT molecular complexity index is 1080. The number of ether oxygens (including phenoxy) is 2. The molecule has 1 aliphatic rings. The van der Waals surface area contributed by atoms with Crippen molar-refractivity contribution in [2.24, 2.45) is 0 Å². The number of carbonyl (C=O) groups is 2. The molecule has 1 N–H and O–H groups in total. The molecule has 9 nitrogen and oxygen atoms in total. The van der Waals surface area contributed by atoms with E-state index in [2.05, 4.69) is 0 Å². The summed E-state index contributed by atoms with van der Waals surface area (Å²) in [6.07, 6.45) is 1.48. The van der Waals surface area contributed by atoms with Crippen molar-refractivity contribution < 1.29 is 29.1 Å². The first-order valence-corrected chi connectivity index (χ1v) is 10.1. The number of nitro benzene ring substituents is 1. The number of aliphatic hydroxyl groups excluding tert-OH is 1. The van der Waals surface area contributed by atoms with Gasteiger partial charge in [-0.2, -0.15) is 0 Å². The quantitative estimate of drug-likeness (QED) is 0.218. The molecule has 2 aromatic carbocycles. The minimum absolute atomic E-state index is 0.0767. The molecule has 0 spiro atoms. The lowest BCUT2D eigenvalue weighted by Crippen LogP contribution is -2.30. The SMILES string of the molecule is CCCCN1C(=O)C(=O)/C(=C(/O)c2ccc([N+](=O)[O-])cc2)[C@@H]1c1ccc(OC)c(OC)c1. The summed E-state index contributed by atoms with van der Waals surface area (Å²) >= 11 is 0. The summed E-state index contributed by atoms with van der Waals surface area (Å²) in [6.45, 7) is 2.30. The van der Waals surface area contributed by atoms with Crippen molar-refractivity contribution in [2.45, 2.75) is 25.8 Å². The Kier molecular flexibility index (Phi) is 6.77. The molecule has 1 fully saturated rings. The summed E-state index contributed by atoms with van der Waals surface area (Å²) < 4.78 is 10.6. The van der Waals surface area contributed by atoms with Gasteiger partial charge in [-0.05, 0) is 36.2 Å². The van der Waals surface area contributed by atoms with E-state index in [1.54, 1.807) is 18.2 Å². The molecule has 3 rings (SSSR count). The predicted octanol–water partition coefficient (Wildman–Crippen LogP) is 3.83. The van der Waals surface area contributed by atoms with Gasteiger partial charge in [0.25, 0.3) is 17.4 Å². The molecule has 0 radical (unpaired) electrons. The maximum Gasteiger partial charge on any atom is 0.295 e. The van der Waals surface area contributed by atoms with Crippen molar-refractivity contribution in [2.75, 3.05) is 20.8 Å². The van der Waals surface area contributed by atoms with Crippen LogP contribution in [0.25, 0.3) is 5.76 Å². The van der Waals surface area contributed by atoms with Crippen molar-refractivity contribution in [1.29, 1.82) is 0 Å². The van der Waals surface area contributed by atoms with E-state index in [1.807, 2.05) is 6.92 Å². The van der Waals surface area contributed by atoms with Crippen molar-refractivity contribution in [3.8, 4) is 11.5 Å². The molecule has 0 bridgehead atoms. The number of carbonyl (C=O) groups excluding carboxylic acids is 2. The van der Waals surface area contributed by atoms with E-state index in [1.165, 1.54) is 43.4 Å². The minimum atomic E-state index is -0.837. The first kappa shape index (κ1) is 22.8. The standard InChI is InChI=1S/C23H24N2O7/c1-4-5-12-24-20(15-8-11-17(31-2)18(13-15)32-3)19(22(27)23(24)28)21(26)14-6-9-16(10-7-14)25(29)30/h6-11,13,20,26H,4-5,12H2,1-3H3/b21-19+/t20-/m0/s1. The number of nitro groups is 1. The summed E-state index contributed by atoms with van der Waals surface area (Å²) in [5.41, 5.74) is 0.546. The van der Waals surface area contributed by atoms with Crippen molar-refractivity contribution in [1.82, 2.24) is 4.90 Å². The molecule has 0 saturated carbocycles. The lowest BCUT2D eigenvalue weighted by molar-refractivity contribution is -0.384. The number of methoxy groups -OCH3 is 2. The molecule has 1 amide bonds. The van der Waals surface area contributed by atoms with Crippen LogP contribution in [0.5, 0.6) is 11.5 Å². The summed E-state index contributed by atoms with van der Waals surface area (Å²) in [4.78, 5) is 37.6. The normalized spacial score (nSPS) is 17.5. The van der Waals surface area contributed by atoms with Gasteiger partial charge in [0.1, 0.15) is 5.76 Å². The van der Waals surface area contributed by atoms with E-state index in [4.69, 9.17) is 9.47 Å². The van der Waals surface area contributed by atoms with Crippen LogP contribution in [0.4, 0.5) is 5.69 Å². The zero-order valence-electron chi connectivity index (χ0n) is 18.0. The van der Waals surface area contributed by atoms with Gasteiger partial charge in [-0.15, -0.1) is 0 Å². The van der Waals surface area contributed by atoms with E-state index in [0.29, 0.717) is 30.0 Å². The summed E-state index contributed by atoms with van der Waals surface area (Å²) in [5.74, 6) is -1.01. The monoisotopic (exact) mass is 440 g/mol. The number of hydrogen-bond acceptors (Lipinski definition) is 7. The molecule has 0 aliphatic carbocycles. The number of hydrogen-bond donors (Lipinski definition) is 1. The zero-order chi connectivity index (χ0) is 23.4. The predicted molar refractivity (Wildman–Crippen MR) is 117 cm³/mol. The van der Waals surface area contributed by atoms with Crippen LogP contribution in [0.2, 0.25) is 0 Å². The topological polar surface area (TPSA) is 119 Å². The largest absolute Gasteiger partial charge is 0.507 e. The molecule has 0 aromatic heterocycles. The van der Waals surface area contributed by atoms with Gasteiger partial charge in [0, 0.05) is 24.2 Å². The fraction of sp³-hybridized carbons (Fsp3) is 0.304. The maximum atomic E-state index is 13.0. The molecular formula is C23H24N2O7. The highest BCUT2D eigenvalue weighted by Crippen LogP contribution is 2.42.